The van der Waals surface area contributed by atoms with Gasteiger partial charge in [-0.1, -0.05) is 55.0 Å². The summed E-state index contributed by atoms with van der Waals surface area (Å²) in [6.45, 7) is 3.17. The molecule has 1 fully saturated rings. The van der Waals surface area contributed by atoms with E-state index >= 15 is 0 Å². The second-order valence-corrected chi connectivity index (χ2v) is 6.92. The van der Waals surface area contributed by atoms with Crippen LogP contribution in [0.5, 0.6) is 0 Å². The number of aryl methyl sites for hydroxylation is 1. The van der Waals surface area contributed by atoms with Crippen molar-refractivity contribution in [3.63, 3.8) is 0 Å². The number of hydrogen-bond acceptors (Lipinski definition) is 3. The Kier molecular flexibility index (Phi) is 4.66. The molecule has 0 aliphatic carbocycles. The Morgan fingerprint density at radius 1 is 1.04 bits per heavy atom. The van der Waals surface area contributed by atoms with Gasteiger partial charge in [0, 0.05) is 22.8 Å². The highest BCUT2D eigenvalue weighted by Crippen LogP contribution is 2.31. The van der Waals surface area contributed by atoms with E-state index in [1.165, 1.54) is 35.9 Å². The predicted molar refractivity (Wildman–Crippen MR) is 105 cm³/mol. The van der Waals surface area contributed by atoms with Crippen LogP contribution in [-0.2, 0) is 0 Å². The lowest BCUT2D eigenvalue weighted by Gasteiger charge is -2.33. The van der Waals surface area contributed by atoms with Gasteiger partial charge in [0.05, 0.1) is 11.6 Å². The average Bonchev–Trinajstić information content (AvgIpc) is 2.67. The van der Waals surface area contributed by atoms with Crippen LogP contribution >= 0.6 is 0 Å². The van der Waals surface area contributed by atoms with Crippen molar-refractivity contribution in [1.29, 1.82) is 0 Å². The Labute approximate surface area is 149 Å². The Morgan fingerprint density at radius 3 is 2.64 bits per heavy atom. The maximum absolute atomic E-state index is 4.67. The van der Waals surface area contributed by atoms with Gasteiger partial charge in [0.25, 0.3) is 0 Å². The fraction of sp³-hybridized carbons (Fsp3) is 0.318. The maximum Gasteiger partial charge on any atom is 0.0725 e. The van der Waals surface area contributed by atoms with E-state index in [-0.39, 0.29) is 6.04 Å². The van der Waals surface area contributed by atoms with Gasteiger partial charge in [-0.3, -0.25) is 4.98 Å². The number of nitrogens with one attached hydrogen (secondary N) is 2. The number of rotatable bonds is 4. The van der Waals surface area contributed by atoms with Crippen molar-refractivity contribution in [2.75, 3.05) is 11.9 Å². The van der Waals surface area contributed by atoms with Crippen LogP contribution < -0.4 is 10.6 Å². The highest BCUT2D eigenvalue weighted by molar-refractivity contribution is 5.91. The summed E-state index contributed by atoms with van der Waals surface area (Å²) in [4.78, 5) is 4.67. The predicted octanol–water partition coefficient (Wildman–Crippen LogP) is 4.84. The van der Waals surface area contributed by atoms with Gasteiger partial charge in [-0.15, -0.1) is 0 Å². The topological polar surface area (TPSA) is 37.0 Å². The molecule has 3 aromatic rings. The molecule has 2 heterocycles. The summed E-state index contributed by atoms with van der Waals surface area (Å²) in [7, 11) is 0. The van der Waals surface area contributed by atoms with Crippen molar-refractivity contribution in [2.45, 2.75) is 38.3 Å². The summed E-state index contributed by atoms with van der Waals surface area (Å²) in [6.07, 6.45) is 3.77. The quantitative estimate of drug-likeness (QED) is 0.718. The molecule has 4 rings (SSSR count). The van der Waals surface area contributed by atoms with E-state index in [0.29, 0.717) is 6.04 Å². The first-order chi connectivity index (χ1) is 12.3. The Balaban J connectivity index is 1.74. The molecule has 25 heavy (non-hydrogen) atoms. The first-order valence-corrected chi connectivity index (χ1v) is 9.22. The lowest BCUT2D eigenvalue weighted by molar-refractivity contribution is 0.366. The van der Waals surface area contributed by atoms with Crippen molar-refractivity contribution < 1.29 is 0 Å². The second kappa shape index (κ2) is 7.24. The van der Waals surface area contributed by atoms with E-state index in [1.807, 2.05) is 0 Å². The van der Waals surface area contributed by atoms with Crippen LogP contribution in [0.2, 0.25) is 0 Å². The van der Waals surface area contributed by atoms with Crippen LogP contribution in [0.3, 0.4) is 0 Å². The smallest absolute Gasteiger partial charge is 0.0725 e. The third-order valence-corrected chi connectivity index (χ3v) is 5.06. The molecular weight excluding hydrogens is 306 g/mol. The molecule has 0 bridgehead atoms. The normalized spacial score (nSPS) is 18.8. The van der Waals surface area contributed by atoms with Gasteiger partial charge < -0.3 is 10.6 Å². The first kappa shape index (κ1) is 16.1. The molecule has 3 heteroatoms. The minimum atomic E-state index is 0.256. The van der Waals surface area contributed by atoms with Crippen LogP contribution in [-0.4, -0.2) is 17.6 Å². The Hall–Kier alpha value is -2.39. The van der Waals surface area contributed by atoms with Gasteiger partial charge >= 0.3 is 0 Å². The lowest BCUT2D eigenvalue weighted by Crippen LogP contribution is -2.41. The maximum atomic E-state index is 4.67. The lowest BCUT2D eigenvalue weighted by atomic mass is 9.92. The van der Waals surface area contributed by atoms with Crippen LogP contribution in [0.1, 0.15) is 36.6 Å². The number of piperidine rings is 1. The molecule has 2 N–H and O–H groups in total. The van der Waals surface area contributed by atoms with Crippen molar-refractivity contribution in [1.82, 2.24) is 10.3 Å². The third-order valence-electron chi connectivity index (χ3n) is 5.06. The zero-order valence-electron chi connectivity index (χ0n) is 14.7. The summed E-state index contributed by atoms with van der Waals surface area (Å²) in [5, 5.41) is 8.75. The standard InChI is InChI=1S/C22H25N3/c1-16-15-21(18-11-5-6-12-19(18)24-16)25-22(17-9-3-2-4-10-17)20-13-7-8-14-23-20/h2-6,9-12,15,20,22-23H,7-8,13-14H2,1H3,(H,24,25)/t20?,22-/m0/s1. The summed E-state index contributed by atoms with van der Waals surface area (Å²) < 4.78 is 0. The van der Waals surface area contributed by atoms with Crippen LogP contribution in [0.15, 0.2) is 60.7 Å². The number of anilines is 1. The van der Waals surface area contributed by atoms with Gasteiger partial charge in [-0.05, 0) is 44.0 Å². The number of benzene rings is 2. The van der Waals surface area contributed by atoms with E-state index in [1.54, 1.807) is 0 Å². The molecule has 1 saturated heterocycles. The fourth-order valence-electron chi connectivity index (χ4n) is 3.83. The van der Waals surface area contributed by atoms with Crippen molar-refractivity contribution in [3.8, 4) is 0 Å². The minimum Gasteiger partial charge on any atom is -0.376 e. The largest absolute Gasteiger partial charge is 0.376 e. The number of aromatic nitrogens is 1. The molecule has 2 aromatic carbocycles. The second-order valence-electron chi connectivity index (χ2n) is 6.92. The molecule has 0 amide bonds. The summed E-state index contributed by atoms with van der Waals surface area (Å²) >= 11 is 0. The third kappa shape index (κ3) is 3.52. The molecule has 0 saturated carbocycles. The summed E-state index contributed by atoms with van der Waals surface area (Å²) in [5.41, 5.74) is 4.60. The average molecular weight is 331 g/mol. The zero-order chi connectivity index (χ0) is 17.1. The first-order valence-electron chi connectivity index (χ1n) is 9.22. The number of hydrogen-bond donors (Lipinski definition) is 2. The minimum absolute atomic E-state index is 0.256. The van der Waals surface area contributed by atoms with E-state index in [2.05, 4.69) is 83.2 Å². The molecular formula is C22H25N3. The number of pyridine rings is 1. The van der Waals surface area contributed by atoms with Crippen molar-refractivity contribution in [2.24, 2.45) is 0 Å². The monoisotopic (exact) mass is 331 g/mol. The molecule has 0 spiro atoms. The molecule has 0 radical (unpaired) electrons. The molecule has 2 atom stereocenters. The fourth-order valence-corrected chi connectivity index (χ4v) is 3.83. The zero-order valence-corrected chi connectivity index (χ0v) is 14.7. The number of para-hydroxylation sites is 1. The van der Waals surface area contributed by atoms with Gasteiger partial charge in [0.15, 0.2) is 0 Å². The molecule has 1 unspecified atom stereocenters. The van der Waals surface area contributed by atoms with Gasteiger partial charge in [0.1, 0.15) is 0 Å². The van der Waals surface area contributed by atoms with Crippen LogP contribution in [0, 0.1) is 6.92 Å². The van der Waals surface area contributed by atoms with Crippen molar-refractivity contribution >= 4 is 16.6 Å². The molecule has 3 nitrogen and oxygen atoms in total. The Bertz CT molecular complexity index is 838. The molecule has 1 aliphatic rings. The van der Waals surface area contributed by atoms with Gasteiger partial charge in [0.2, 0.25) is 0 Å². The van der Waals surface area contributed by atoms with Crippen LogP contribution in [0.4, 0.5) is 5.69 Å². The van der Waals surface area contributed by atoms with E-state index in [4.69, 9.17) is 0 Å². The number of fused-ring (bicyclic) bond motifs is 1. The molecule has 1 aromatic heterocycles. The molecule has 1 aliphatic heterocycles. The van der Waals surface area contributed by atoms with E-state index in [0.717, 1.165) is 17.8 Å². The summed E-state index contributed by atoms with van der Waals surface area (Å²) in [5.74, 6) is 0. The van der Waals surface area contributed by atoms with Crippen LogP contribution in [0.25, 0.3) is 10.9 Å². The highest BCUT2D eigenvalue weighted by atomic mass is 15.0. The molecule has 128 valence electrons. The SMILES string of the molecule is Cc1cc(N[C@@H](c2ccccc2)C2CCCCN2)c2ccccc2n1. The van der Waals surface area contributed by atoms with Gasteiger partial charge in [-0.2, -0.15) is 0 Å². The Morgan fingerprint density at radius 2 is 1.84 bits per heavy atom. The highest BCUT2D eigenvalue weighted by Gasteiger charge is 2.25. The van der Waals surface area contributed by atoms with Crippen molar-refractivity contribution in [3.05, 3.63) is 71.9 Å². The summed E-state index contributed by atoms with van der Waals surface area (Å²) in [6, 6.07) is 22.0. The van der Waals surface area contributed by atoms with Gasteiger partial charge in [-0.25, -0.2) is 0 Å². The number of nitrogens with zero attached hydrogens (tertiary/aromatic N) is 1. The van der Waals surface area contributed by atoms with E-state index < -0.39 is 0 Å². The van der Waals surface area contributed by atoms with E-state index in [9.17, 15) is 0 Å².